The van der Waals surface area contributed by atoms with E-state index in [9.17, 15) is 4.79 Å². The number of nitrogens with zero attached hydrogens (tertiary/aromatic N) is 3. The molecule has 0 rings (SSSR count). The largest absolute Gasteiger partial charge is 1.00 e. The van der Waals surface area contributed by atoms with Gasteiger partial charge in [0.25, 0.3) is 0 Å². The molecule has 0 heterocycles. The topological polar surface area (TPSA) is 96.0 Å². The van der Waals surface area contributed by atoms with Gasteiger partial charge in [-0.1, -0.05) is 6.92 Å². The van der Waals surface area contributed by atoms with Crippen LogP contribution in [-0.2, 0) is 4.79 Å². The van der Waals surface area contributed by atoms with Gasteiger partial charge < -0.3 is 16.2 Å². The first kappa shape index (κ1) is 15.9. The first-order valence-corrected chi connectivity index (χ1v) is 1.89. The summed E-state index contributed by atoms with van der Waals surface area (Å²) in [6, 6.07) is 0. The van der Waals surface area contributed by atoms with E-state index in [1.165, 1.54) is 4.91 Å². The van der Waals surface area contributed by atoms with E-state index in [1.807, 2.05) is 0 Å². The Morgan fingerprint density at radius 2 is 1.78 bits per heavy atom. The van der Waals surface area contributed by atoms with Crippen molar-refractivity contribution in [2.45, 2.75) is 13.3 Å². The van der Waals surface area contributed by atoms with Gasteiger partial charge in [-0.2, -0.15) is 0 Å². The average molecular weight is 139 g/mol. The SMILES string of the molecule is CCC(=O)O.[N-]=[N+]=[N-].[Na+]. The summed E-state index contributed by atoms with van der Waals surface area (Å²) in [7, 11) is 0. The van der Waals surface area contributed by atoms with Crippen molar-refractivity contribution < 1.29 is 39.5 Å². The van der Waals surface area contributed by atoms with E-state index in [0.29, 0.717) is 0 Å². The second-order valence-corrected chi connectivity index (χ2v) is 0.837. The van der Waals surface area contributed by atoms with E-state index >= 15 is 0 Å². The van der Waals surface area contributed by atoms with Gasteiger partial charge in [0.1, 0.15) is 0 Å². The van der Waals surface area contributed by atoms with E-state index in [-0.39, 0.29) is 36.0 Å². The van der Waals surface area contributed by atoms with Gasteiger partial charge in [0.05, 0.1) is 0 Å². The number of aliphatic carboxylic acids is 1. The number of carboxylic acids is 1. The molecule has 0 fully saturated rings. The predicted molar refractivity (Wildman–Crippen MR) is 28.0 cm³/mol. The monoisotopic (exact) mass is 139 g/mol. The van der Waals surface area contributed by atoms with Crippen LogP contribution in [0.15, 0.2) is 0 Å². The van der Waals surface area contributed by atoms with Crippen LogP contribution < -0.4 is 29.6 Å². The number of rotatable bonds is 1. The summed E-state index contributed by atoms with van der Waals surface area (Å²) >= 11 is 0. The van der Waals surface area contributed by atoms with Crippen LogP contribution in [-0.4, -0.2) is 11.1 Å². The van der Waals surface area contributed by atoms with E-state index < -0.39 is 5.97 Å². The van der Waals surface area contributed by atoms with Crippen LogP contribution in [0, 0.1) is 0 Å². The molecule has 0 radical (unpaired) electrons. The van der Waals surface area contributed by atoms with Crippen molar-refractivity contribution in [2.75, 3.05) is 0 Å². The minimum atomic E-state index is -0.745. The molecule has 5 nitrogen and oxygen atoms in total. The quantitative estimate of drug-likeness (QED) is 0.204. The molecule has 0 amide bonds. The van der Waals surface area contributed by atoms with Crippen molar-refractivity contribution in [3.05, 3.63) is 16.0 Å². The molecular weight excluding hydrogens is 133 g/mol. The molecule has 0 bridgehead atoms. The molecule has 0 aromatic carbocycles. The summed E-state index contributed by atoms with van der Waals surface area (Å²) in [4.78, 5) is 10.9. The zero-order chi connectivity index (χ0) is 6.99. The summed E-state index contributed by atoms with van der Waals surface area (Å²) in [5.74, 6) is -0.745. The Bertz CT molecular complexity index is 99.2. The molecule has 9 heavy (non-hydrogen) atoms. The maximum absolute atomic E-state index is 9.37. The molecule has 0 aliphatic rings. The van der Waals surface area contributed by atoms with Crippen molar-refractivity contribution in [3.63, 3.8) is 0 Å². The molecule has 0 aliphatic heterocycles. The number of hydrogen-bond acceptors (Lipinski definition) is 1. The standard InChI is InChI=1S/C3H6O2.N3.Na/c1-2-3(4)5;1-3-2;/h2H2,1H3,(H,4,5);;/q;-1;+1. The van der Waals surface area contributed by atoms with Gasteiger partial charge in [0.2, 0.25) is 0 Å². The fourth-order valence-corrected chi connectivity index (χ4v) is 0. The molecule has 0 aromatic heterocycles. The van der Waals surface area contributed by atoms with Crippen LogP contribution in [0.25, 0.3) is 16.0 Å². The molecule has 0 aliphatic carbocycles. The van der Waals surface area contributed by atoms with Crippen molar-refractivity contribution >= 4 is 5.97 Å². The molecule has 46 valence electrons. The Hall–Kier alpha value is -0.220. The predicted octanol–water partition coefficient (Wildman–Crippen LogP) is -1.65. The first-order valence-electron chi connectivity index (χ1n) is 1.89. The van der Waals surface area contributed by atoms with Crippen LogP contribution in [0.2, 0.25) is 0 Å². The van der Waals surface area contributed by atoms with Gasteiger partial charge in [-0.3, -0.25) is 9.71 Å². The maximum atomic E-state index is 9.37. The van der Waals surface area contributed by atoms with Crippen LogP contribution >= 0.6 is 0 Å². The third kappa shape index (κ3) is 82.0. The molecule has 0 spiro atoms. The second kappa shape index (κ2) is 15.7. The van der Waals surface area contributed by atoms with Crippen LogP contribution in [0.1, 0.15) is 13.3 Å². The molecule has 0 unspecified atom stereocenters. The summed E-state index contributed by atoms with van der Waals surface area (Å²) < 4.78 is 0. The summed E-state index contributed by atoms with van der Waals surface area (Å²) in [5, 5.41) is 7.72. The fraction of sp³-hybridized carbons (Fsp3) is 0.667. The molecule has 0 saturated carbocycles. The zero-order valence-electron chi connectivity index (χ0n) is 5.40. The van der Waals surface area contributed by atoms with Gasteiger partial charge in [-0.05, 0) is 0 Å². The third-order valence-corrected chi connectivity index (χ3v) is 0.302. The van der Waals surface area contributed by atoms with Crippen molar-refractivity contribution in [1.29, 1.82) is 0 Å². The number of carboxylic acid groups (broad SMARTS) is 1. The van der Waals surface area contributed by atoms with Gasteiger partial charge in [0, 0.05) is 6.42 Å². The Balaban J connectivity index is -0.0000000800. The van der Waals surface area contributed by atoms with Crippen molar-refractivity contribution in [1.82, 2.24) is 0 Å². The van der Waals surface area contributed by atoms with Gasteiger partial charge >= 0.3 is 35.5 Å². The molecule has 0 saturated heterocycles. The summed E-state index contributed by atoms with van der Waals surface area (Å²) in [5.41, 5.74) is 13.5. The summed E-state index contributed by atoms with van der Waals surface area (Å²) in [6.07, 6.45) is 0.222. The maximum Gasteiger partial charge on any atom is 1.00 e. The third-order valence-electron chi connectivity index (χ3n) is 0.302. The van der Waals surface area contributed by atoms with Gasteiger partial charge in [-0.15, -0.1) is 0 Å². The fourth-order valence-electron chi connectivity index (χ4n) is 0. The van der Waals surface area contributed by atoms with Crippen LogP contribution in [0.3, 0.4) is 0 Å². The van der Waals surface area contributed by atoms with Gasteiger partial charge in [-0.25, -0.2) is 0 Å². The minimum Gasteiger partial charge on any atom is -0.481 e. The Labute approximate surface area is 74.8 Å². The Kier molecular flexibility index (Phi) is 27.7. The van der Waals surface area contributed by atoms with E-state index in [2.05, 4.69) is 0 Å². The van der Waals surface area contributed by atoms with Crippen molar-refractivity contribution in [2.24, 2.45) is 0 Å². The molecular formula is C3H6N3NaO2. The second-order valence-electron chi connectivity index (χ2n) is 0.837. The zero-order valence-corrected chi connectivity index (χ0v) is 7.40. The molecule has 0 atom stereocenters. The van der Waals surface area contributed by atoms with E-state index in [4.69, 9.17) is 16.2 Å². The average Bonchev–Trinajstić information content (AvgIpc) is 1.69. The first-order chi connectivity index (χ1) is 3.68. The molecule has 0 aromatic rings. The van der Waals surface area contributed by atoms with E-state index in [0.717, 1.165) is 0 Å². The number of hydrogen-bond donors (Lipinski definition) is 1. The van der Waals surface area contributed by atoms with E-state index in [1.54, 1.807) is 6.92 Å². The van der Waals surface area contributed by atoms with Crippen molar-refractivity contribution in [3.8, 4) is 0 Å². The number of carbonyl (C=O) groups is 1. The molecule has 1 N–H and O–H groups in total. The Morgan fingerprint density at radius 3 is 1.78 bits per heavy atom. The minimum absolute atomic E-state index is 0. The van der Waals surface area contributed by atoms with Crippen LogP contribution in [0.5, 0.6) is 0 Å². The Morgan fingerprint density at radius 1 is 1.67 bits per heavy atom. The summed E-state index contributed by atoms with van der Waals surface area (Å²) in [6.45, 7) is 1.60. The van der Waals surface area contributed by atoms with Crippen LogP contribution in [0.4, 0.5) is 0 Å². The normalized spacial score (nSPS) is 5.00. The smallest absolute Gasteiger partial charge is 0.481 e. The molecule has 6 heteroatoms. The van der Waals surface area contributed by atoms with Gasteiger partial charge in [0.15, 0.2) is 0 Å².